The number of methoxy groups -OCH3 is 1. The van der Waals surface area contributed by atoms with Gasteiger partial charge in [-0.05, 0) is 57.7 Å². The molecule has 0 aliphatic heterocycles. The minimum Gasteiger partial charge on any atom is -0.490 e. The predicted octanol–water partition coefficient (Wildman–Crippen LogP) is 4.47. The van der Waals surface area contributed by atoms with Gasteiger partial charge in [-0.3, -0.25) is 4.79 Å². The number of nitrogens with one attached hydrogen (secondary N) is 1. The zero-order valence-corrected chi connectivity index (χ0v) is 18.6. The van der Waals surface area contributed by atoms with Crippen molar-refractivity contribution < 1.29 is 28.5 Å². The minimum atomic E-state index is -0.429. The van der Waals surface area contributed by atoms with Gasteiger partial charge in [-0.1, -0.05) is 0 Å². The maximum Gasteiger partial charge on any atom is 0.341 e. The van der Waals surface area contributed by atoms with Gasteiger partial charge in [-0.2, -0.15) is 0 Å². The molecule has 0 saturated carbocycles. The van der Waals surface area contributed by atoms with Crippen LogP contribution in [0.2, 0.25) is 0 Å². The summed E-state index contributed by atoms with van der Waals surface area (Å²) in [4.78, 5) is 26.5. The van der Waals surface area contributed by atoms with Crippen molar-refractivity contribution in [3.05, 3.63) is 33.7 Å². The van der Waals surface area contributed by atoms with Crippen LogP contribution < -0.4 is 19.5 Å². The molecule has 1 aliphatic carbocycles. The van der Waals surface area contributed by atoms with Crippen molar-refractivity contribution in [2.24, 2.45) is 0 Å². The van der Waals surface area contributed by atoms with E-state index < -0.39 is 5.97 Å². The molecule has 0 unspecified atom stereocenters. The molecule has 1 N–H and O–H groups in total. The lowest BCUT2D eigenvalue weighted by atomic mass is 10.1. The fraction of sp³-hybridized carbons (Fsp3) is 0.455. The maximum absolute atomic E-state index is 13.1. The second-order valence-corrected chi connectivity index (χ2v) is 7.71. The van der Waals surface area contributed by atoms with E-state index in [0.717, 1.165) is 29.7 Å². The van der Waals surface area contributed by atoms with Crippen molar-refractivity contribution in [2.75, 3.05) is 32.2 Å². The second kappa shape index (κ2) is 9.84. The summed E-state index contributed by atoms with van der Waals surface area (Å²) in [7, 11) is 1.35. The molecule has 0 radical (unpaired) electrons. The molecular formula is C22H27NO6S. The molecule has 1 aromatic heterocycles. The van der Waals surface area contributed by atoms with Crippen LogP contribution >= 0.6 is 11.3 Å². The van der Waals surface area contributed by atoms with Crippen LogP contribution in [0.25, 0.3) is 0 Å². The summed E-state index contributed by atoms with van der Waals surface area (Å²) in [5, 5.41) is 3.40. The van der Waals surface area contributed by atoms with E-state index in [1.807, 2.05) is 20.8 Å². The number of carbonyl (C=O) groups excluding carboxylic acids is 2. The number of ether oxygens (including phenoxy) is 4. The Bertz CT molecular complexity index is 909. The van der Waals surface area contributed by atoms with Crippen molar-refractivity contribution in [3.63, 3.8) is 0 Å². The van der Waals surface area contributed by atoms with Gasteiger partial charge < -0.3 is 24.3 Å². The van der Waals surface area contributed by atoms with Crippen molar-refractivity contribution in [1.82, 2.24) is 0 Å². The average molecular weight is 434 g/mol. The van der Waals surface area contributed by atoms with Gasteiger partial charge in [-0.25, -0.2) is 4.79 Å². The Hall–Kier alpha value is -2.74. The number of hydrogen-bond donors (Lipinski definition) is 1. The summed E-state index contributed by atoms with van der Waals surface area (Å²) in [5.41, 5.74) is 1.80. The van der Waals surface area contributed by atoms with E-state index >= 15 is 0 Å². The Kier molecular flexibility index (Phi) is 7.20. The van der Waals surface area contributed by atoms with Crippen molar-refractivity contribution in [1.29, 1.82) is 0 Å². The number of esters is 1. The first-order valence-electron chi connectivity index (χ1n) is 10.1. The molecule has 1 aromatic carbocycles. The molecule has 162 valence electrons. The lowest BCUT2D eigenvalue weighted by Gasteiger charge is -2.17. The molecule has 1 aliphatic rings. The molecule has 1 heterocycles. The molecule has 7 nitrogen and oxygen atoms in total. The number of hydrogen-bond acceptors (Lipinski definition) is 7. The van der Waals surface area contributed by atoms with Gasteiger partial charge >= 0.3 is 5.97 Å². The van der Waals surface area contributed by atoms with Crippen LogP contribution in [0, 0.1) is 0 Å². The number of amides is 1. The molecule has 3 rings (SSSR count). The van der Waals surface area contributed by atoms with Gasteiger partial charge in [0.15, 0.2) is 11.5 Å². The van der Waals surface area contributed by atoms with Crippen LogP contribution in [0.5, 0.6) is 17.2 Å². The maximum atomic E-state index is 13.1. The SMILES string of the molecule is CCOc1cc(C(=O)Nc2sc3c(c2C(=O)OC)CCC3)cc(OCC)c1OCC. The Balaban J connectivity index is 1.97. The number of anilines is 1. The largest absolute Gasteiger partial charge is 0.490 e. The highest BCUT2D eigenvalue weighted by Crippen LogP contribution is 2.41. The molecule has 1 amide bonds. The van der Waals surface area contributed by atoms with Crippen LogP contribution in [0.4, 0.5) is 5.00 Å². The van der Waals surface area contributed by atoms with Crippen LogP contribution in [0.3, 0.4) is 0 Å². The monoisotopic (exact) mass is 433 g/mol. The number of rotatable bonds is 9. The predicted molar refractivity (Wildman–Crippen MR) is 116 cm³/mol. The van der Waals surface area contributed by atoms with Crippen molar-refractivity contribution in [3.8, 4) is 17.2 Å². The molecular weight excluding hydrogens is 406 g/mol. The van der Waals surface area contributed by atoms with Gasteiger partial charge in [0.25, 0.3) is 5.91 Å². The van der Waals surface area contributed by atoms with E-state index in [0.29, 0.717) is 53.2 Å². The fourth-order valence-electron chi connectivity index (χ4n) is 3.51. The smallest absolute Gasteiger partial charge is 0.341 e. The summed E-state index contributed by atoms with van der Waals surface area (Å²) in [6.07, 6.45) is 2.73. The summed E-state index contributed by atoms with van der Waals surface area (Å²) in [6, 6.07) is 3.26. The lowest BCUT2D eigenvalue weighted by Crippen LogP contribution is -2.15. The second-order valence-electron chi connectivity index (χ2n) is 6.61. The lowest BCUT2D eigenvalue weighted by molar-refractivity contribution is 0.0601. The van der Waals surface area contributed by atoms with E-state index in [4.69, 9.17) is 18.9 Å². The summed E-state index contributed by atoms with van der Waals surface area (Å²) in [5.74, 6) is 0.573. The third kappa shape index (κ3) is 4.38. The third-order valence-corrected chi connectivity index (χ3v) is 5.92. The topological polar surface area (TPSA) is 83.1 Å². The van der Waals surface area contributed by atoms with E-state index in [1.165, 1.54) is 18.4 Å². The zero-order chi connectivity index (χ0) is 21.7. The first kappa shape index (κ1) is 22.0. The van der Waals surface area contributed by atoms with Crippen molar-refractivity contribution >= 4 is 28.2 Å². The van der Waals surface area contributed by atoms with Crippen LogP contribution in [-0.2, 0) is 17.6 Å². The molecule has 0 bridgehead atoms. The average Bonchev–Trinajstić information content (AvgIpc) is 3.30. The Morgan fingerprint density at radius 1 is 1.00 bits per heavy atom. The van der Waals surface area contributed by atoms with Gasteiger partial charge in [-0.15, -0.1) is 11.3 Å². The molecule has 0 atom stereocenters. The van der Waals surface area contributed by atoms with E-state index in [9.17, 15) is 9.59 Å². The molecule has 2 aromatic rings. The highest BCUT2D eigenvalue weighted by molar-refractivity contribution is 7.17. The summed E-state index contributed by atoms with van der Waals surface area (Å²) < 4.78 is 22.0. The highest BCUT2D eigenvalue weighted by atomic mass is 32.1. The standard InChI is InChI=1S/C22H27NO6S/c1-5-27-15-11-13(12-16(28-6-2)19(15)29-7-3)20(24)23-21-18(22(25)26-4)14-9-8-10-17(14)30-21/h11-12H,5-10H2,1-4H3,(H,23,24). The number of aryl methyl sites for hydroxylation is 1. The normalized spacial score (nSPS) is 12.3. The van der Waals surface area contributed by atoms with Gasteiger partial charge in [0, 0.05) is 10.4 Å². The Morgan fingerprint density at radius 3 is 2.20 bits per heavy atom. The molecule has 0 saturated heterocycles. The quantitative estimate of drug-likeness (QED) is 0.588. The van der Waals surface area contributed by atoms with E-state index in [-0.39, 0.29) is 5.91 Å². The zero-order valence-electron chi connectivity index (χ0n) is 17.8. The molecule has 30 heavy (non-hydrogen) atoms. The van der Waals surface area contributed by atoms with Gasteiger partial charge in [0.1, 0.15) is 5.00 Å². The first-order valence-corrected chi connectivity index (χ1v) is 11.0. The third-order valence-electron chi connectivity index (χ3n) is 4.71. The van der Waals surface area contributed by atoms with E-state index in [1.54, 1.807) is 12.1 Å². The summed E-state index contributed by atoms with van der Waals surface area (Å²) >= 11 is 1.44. The van der Waals surface area contributed by atoms with Crippen LogP contribution in [0.15, 0.2) is 12.1 Å². The van der Waals surface area contributed by atoms with Crippen LogP contribution in [-0.4, -0.2) is 38.8 Å². The highest BCUT2D eigenvalue weighted by Gasteiger charge is 2.28. The number of thiophene rings is 1. The van der Waals surface area contributed by atoms with Gasteiger partial charge in [0.2, 0.25) is 5.75 Å². The molecule has 8 heteroatoms. The van der Waals surface area contributed by atoms with Crippen LogP contribution in [0.1, 0.15) is 58.3 Å². The van der Waals surface area contributed by atoms with E-state index in [2.05, 4.69) is 5.32 Å². The summed E-state index contributed by atoms with van der Waals surface area (Å²) in [6.45, 7) is 6.87. The Labute approximate surface area is 180 Å². The molecule has 0 spiro atoms. The van der Waals surface area contributed by atoms with Gasteiger partial charge in [0.05, 0.1) is 32.5 Å². The number of fused-ring (bicyclic) bond motifs is 1. The first-order chi connectivity index (χ1) is 14.5. The molecule has 0 fully saturated rings. The van der Waals surface area contributed by atoms with Crippen molar-refractivity contribution in [2.45, 2.75) is 40.0 Å². The fourth-order valence-corrected chi connectivity index (χ4v) is 4.78. The minimum absolute atomic E-state index is 0.356. The Morgan fingerprint density at radius 2 is 1.63 bits per heavy atom. The number of benzene rings is 1. The number of carbonyl (C=O) groups is 2.